The Balaban J connectivity index is 2.12. The molecule has 1 aliphatic rings. The molecule has 0 saturated carbocycles. The molecule has 1 aromatic carbocycles. The summed E-state index contributed by atoms with van der Waals surface area (Å²) in [5.74, 6) is -1.21. The summed E-state index contributed by atoms with van der Waals surface area (Å²) in [5.41, 5.74) is 5.86. The summed E-state index contributed by atoms with van der Waals surface area (Å²) in [6, 6.07) is 1.90. The molecule has 1 saturated heterocycles. The number of hydrogen-bond acceptors (Lipinski definition) is 2. The van der Waals surface area contributed by atoms with E-state index in [1.165, 1.54) is 12.1 Å². The third-order valence-electron chi connectivity index (χ3n) is 3.24. The number of hydrogen-bond donors (Lipinski definition) is 1. The fraction of sp³-hybridized carbons (Fsp3) is 0.538. The van der Waals surface area contributed by atoms with Crippen LogP contribution in [0.4, 0.5) is 8.78 Å². The number of rotatable bonds is 3. The van der Waals surface area contributed by atoms with Gasteiger partial charge in [0.05, 0.1) is 10.6 Å². The molecule has 0 aliphatic carbocycles. The van der Waals surface area contributed by atoms with Crippen LogP contribution in [0.1, 0.15) is 37.3 Å². The lowest BCUT2D eigenvalue weighted by atomic mass is 9.96. The second kappa shape index (κ2) is 6.08. The van der Waals surface area contributed by atoms with Gasteiger partial charge in [0.15, 0.2) is 0 Å². The third kappa shape index (κ3) is 3.08. The predicted octanol–water partition coefficient (Wildman–Crippen LogP) is 3.69. The Morgan fingerprint density at radius 3 is 2.83 bits per heavy atom. The lowest BCUT2D eigenvalue weighted by Gasteiger charge is -2.25. The van der Waals surface area contributed by atoms with Gasteiger partial charge in [-0.2, -0.15) is 0 Å². The van der Waals surface area contributed by atoms with Crippen LogP contribution in [0.3, 0.4) is 0 Å². The molecule has 1 heterocycles. The molecule has 5 heteroatoms. The summed E-state index contributed by atoms with van der Waals surface area (Å²) in [5, 5.41) is 0. The van der Waals surface area contributed by atoms with E-state index < -0.39 is 17.7 Å². The van der Waals surface area contributed by atoms with E-state index in [1.54, 1.807) is 0 Å². The Morgan fingerprint density at radius 1 is 1.39 bits per heavy atom. The number of halogens is 3. The van der Waals surface area contributed by atoms with Crippen molar-refractivity contribution in [3.05, 3.63) is 33.8 Å². The number of nitrogens with two attached hydrogens (primary N) is 1. The fourth-order valence-electron chi connectivity index (χ4n) is 2.28. The second-order valence-electron chi connectivity index (χ2n) is 4.59. The average Bonchev–Trinajstić information content (AvgIpc) is 2.36. The van der Waals surface area contributed by atoms with Crippen LogP contribution < -0.4 is 5.73 Å². The molecular formula is C13H16BrF2NO. The van der Waals surface area contributed by atoms with Gasteiger partial charge in [-0.15, -0.1) is 0 Å². The van der Waals surface area contributed by atoms with Crippen molar-refractivity contribution < 1.29 is 13.5 Å². The lowest BCUT2D eigenvalue weighted by Crippen LogP contribution is -2.26. The summed E-state index contributed by atoms with van der Waals surface area (Å²) in [7, 11) is 0. The molecule has 100 valence electrons. The first kappa shape index (κ1) is 13.9. The van der Waals surface area contributed by atoms with Crippen LogP contribution in [0.15, 0.2) is 16.6 Å². The molecule has 0 amide bonds. The van der Waals surface area contributed by atoms with Crippen molar-refractivity contribution in [2.75, 3.05) is 6.61 Å². The molecule has 1 fully saturated rings. The molecule has 2 rings (SSSR count). The van der Waals surface area contributed by atoms with E-state index in [2.05, 4.69) is 15.9 Å². The number of benzene rings is 1. The molecule has 1 aromatic rings. The van der Waals surface area contributed by atoms with Gasteiger partial charge in [0.2, 0.25) is 0 Å². The first-order valence-electron chi connectivity index (χ1n) is 6.10. The number of ether oxygens (including phenoxy) is 1. The highest BCUT2D eigenvalue weighted by Gasteiger charge is 2.23. The molecule has 2 N–H and O–H groups in total. The van der Waals surface area contributed by atoms with Crippen molar-refractivity contribution in [3.63, 3.8) is 0 Å². The molecule has 0 bridgehead atoms. The maximum Gasteiger partial charge on any atom is 0.145 e. The Labute approximate surface area is 114 Å². The minimum atomic E-state index is -0.675. The third-order valence-corrected chi connectivity index (χ3v) is 3.85. The first-order valence-corrected chi connectivity index (χ1v) is 6.89. The molecule has 0 radical (unpaired) electrons. The minimum Gasteiger partial charge on any atom is -0.378 e. The summed E-state index contributed by atoms with van der Waals surface area (Å²) < 4.78 is 33.3. The largest absolute Gasteiger partial charge is 0.378 e. The summed E-state index contributed by atoms with van der Waals surface area (Å²) in [6.07, 6.45) is 3.49. The van der Waals surface area contributed by atoms with Gasteiger partial charge in [0.25, 0.3) is 0 Å². The molecule has 2 nitrogen and oxygen atoms in total. The van der Waals surface area contributed by atoms with Crippen molar-refractivity contribution in [1.29, 1.82) is 0 Å². The molecule has 0 spiro atoms. The second-order valence-corrected chi connectivity index (χ2v) is 5.44. The topological polar surface area (TPSA) is 35.2 Å². The van der Waals surface area contributed by atoms with E-state index in [4.69, 9.17) is 10.5 Å². The van der Waals surface area contributed by atoms with E-state index in [9.17, 15) is 8.78 Å². The van der Waals surface area contributed by atoms with Crippen LogP contribution in [0.2, 0.25) is 0 Å². The standard InChI is InChI=1S/C13H16BrF2NO/c14-9-4-5-10(15)12(13(9)16)11(17)7-8-3-1-2-6-18-8/h4-5,8,11H,1-3,6-7,17H2. The van der Waals surface area contributed by atoms with Crippen LogP contribution >= 0.6 is 15.9 Å². The van der Waals surface area contributed by atoms with Crippen molar-refractivity contribution >= 4 is 15.9 Å². The van der Waals surface area contributed by atoms with Crippen LogP contribution in [-0.4, -0.2) is 12.7 Å². The fourth-order valence-corrected chi connectivity index (χ4v) is 2.62. The van der Waals surface area contributed by atoms with Gasteiger partial charge in [0.1, 0.15) is 11.6 Å². The van der Waals surface area contributed by atoms with Gasteiger partial charge in [0, 0.05) is 18.2 Å². The van der Waals surface area contributed by atoms with E-state index in [1.807, 2.05) is 0 Å². The van der Waals surface area contributed by atoms with Crippen molar-refractivity contribution in [2.45, 2.75) is 37.8 Å². The highest BCUT2D eigenvalue weighted by molar-refractivity contribution is 9.10. The zero-order chi connectivity index (χ0) is 13.1. The average molecular weight is 320 g/mol. The zero-order valence-corrected chi connectivity index (χ0v) is 11.6. The first-order chi connectivity index (χ1) is 8.59. The predicted molar refractivity (Wildman–Crippen MR) is 69.2 cm³/mol. The van der Waals surface area contributed by atoms with Crippen molar-refractivity contribution in [1.82, 2.24) is 0 Å². The highest BCUT2D eigenvalue weighted by atomic mass is 79.9. The van der Waals surface area contributed by atoms with Gasteiger partial charge in [-0.3, -0.25) is 0 Å². The van der Waals surface area contributed by atoms with Gasteiger partial charge in [-0.05, 0) is 53.7 Å². The minimum absolute atomic E-state index is 0.00605. The van der Waals surface area contributed by atoms with E-state index in [0.717, 1.165) is 19.3 Å². The van der Waals surface area contributed by atoms with E-state index >= 15 is 0 Å². The Kier molecular flexibility index (Phi) is 4.70. The monoisotopic (exact) mass is 319 g/mol. The summed E-state index contributed by atoms with van der Waals surface area (Å²) in [4.78, 5) is 0. The lowest BCUT2D eigenvalue weighted by molar-refractivity contribution is 0.00696. The molecule has 18 heavy (non-hydrogen) atoms. The normalized spacial score (nSPS) is 21.9. The van der Waals surface area contributed by atoms with Crippen LogP contribution in [0.25, 0.3) is 0 Å². The summed E-state index contributed by atoms with van der Waals surface area (Å²) in [6.45, 7) is 0.709. The smallest absolute Gasteiger partial charge is 0.145 e. The SMILES string of the molecule is NC(CC1CCCCO1)c1c(F)ccc(Br)c1F. The van der Waals surface area contributed by atoms with Crippen molar-refractivity contribution in [3.8, 4) is 0 Å². The Hall–Kier alpha value is -0.520. The quantitative estimate of drug-likeness (QED) is 0.862. The van der Waals surface area contributed by atoms with Crippen LogP contribution in [-0.2, 0) is 4.74 Å². The van der Waals surface area contributed by atoms with Gasteiger partial charge < -0.3 is 10.5 Å². The van der Waals surface area contributed by atoms with Crippen LogP contribution in [0, 0.1) is 11.6 Å². The summed E-state index contributed by atoms with van der Waals surface area (Å²) >= 11 is 3.05. The molecule has 2 unspecified atom stereocenters. The van der Waals surface area contributed by atoms with E-state index in [-0.39, 0.29) is 16.1 Å². The maximum absolute atomic E-state index is 13.9. The van der Waals surface area contributed by atoms with Crippen LogP contribution in [0.5, 0.6) is 0 Å². The molecular weight excluding hydrogens is 304 g/mol. The Bertz CT molecular complexity index is 422. The molecule has 0 aromatic heterocycles. The van der Waals surface area contributed by atoms with Crippen molar-refractivity contribution in [2.24, 2.45) is 5.73 Å². The highest BCUT2D eigenvalue weighted by Crippen LogP contribution is 2.29. The zero-order valence-electron chi connectivity index (χ0n) is 9.96. The molecule has 2 atom stereocenters. The molecule has 1 aliphatic heterocycles. The maximum atomic E-state index is 13.9. The van der Waals surface area contributed by atoms with Gasteiger partial charge in [-0.25, -0.2) is 8.78 Å². The van der Waals surface area contributed by atoms with E-state index in [0.29, 0.717) is 13.0 Å². The van der Waals surface area contributed by atoms with Gasteiger partial charge in [-0.1, -0.05) is 0 Å². The van der Waals surface area contributed by atoms with Gasteiger partial charge >= 0.3 is 0 Å². The Morgan fingerprint density at radius 2 is 2.17 bits per heavy atom.